The fourth-order valence-electron chi connectivity index (χ4n) is 2.38. The lowest BCUT2D eigenvalue weighted by Gasteiger charge is -2.05. The van der Waals surface area contributed by atoms with Gasteiger partial charge in [-0.3, -0.25) is 4.79 Å². The quantitative estimate of drug-likeness (QED) is 0.355. The van der Waals surface area contributed by atoms with Gasteiger partial charge < -0.3 is 14.8 Å². The van der Waals surface area contributed by atoms with Crippen molar-refractivity contribution >= 4 is 57.2 Å². The van der Waals surface area contributed by atoms with Crippen molar-refractivity contribution < 1.29 is 14.3 Å². The monoisotopic (exact) mass is 504 g/mol. The summed E-state index contributed by atoms with van der Waals surface area (Å²) in [6.07, 6.45) is 7.05. The molecule has 1 fully saturated rings. The minimum Gasteiger partial charge on any atom is -0.494 e. The number of hydrogen-bond acceptors (Lipinski definition) is 5. The van der Waals surface area contributed by atoms with Crippen LogP contribution in [0, 0.1) is 15.9 Å². The van der Waals surface area contributed by atoms with Crippen LogP contribution in [0.25, 0.3) is 6.08 Å². The van der Waals surface area contributed by atoms with Crippen molar-refractivity contribution in [2.45, 2.75) is 6.92 Å². The van der Waals surface area contributed by atoms with E-state index in [1.807, 2.05) is 55.5 Å². The summed E-state index contributed by atoms with van der Waals surface area (Å²) >= 11 is 3.49. The van der Waals surface area contributed by atoms with E-state index in [2.05, 4.69) is 38.8 Å². The van der Waals surface area contributed by atoms with E-state index >= 15 is 0 Å². The number of thioether (sulfide) groups is 1. The van der Waals surface area contributed by atoms with Gasteiger partial charge in [0.05, 0.1) is 20.8 Å². The molecule has 1 N–H and O–H groups in total. The fourth-order valence-corrected chi connectivity index (χ4v) is 3.91. The zero-order chi connectivity index (χ0) is 19.9. The molecule has 0 unspecified atom stereocenters. The molecule has 1 aliphatic heterocycles. The Morgan fingerprint density at radius 1 is 1.25 bits per heavy atom. The van der Waals surface area contributed by atoms with Gasteiger partial charge in [-0.25, -0.2) is 4.99 Å². The van der Waals surface area contributed by atoms with Gasteiger partial charge in [0.25, 0.3) is 5.91 Å². The van der Waals surface area contributed by atoms with Crippen LogP contribution in [0.4, 0.5) is 5.69 Å². The van der Waals surface area contributed by atoms with Crippen LogP contribution in [-0.4, -0.2) is 24.3 Å². The Morgan fingerprint density at radius 2 is 2.04 bits per heavy atom. The Morgan fingerprint density at radius 3 is 2.71 bits per heavy atom. The molecule has 3 rings (SSSR count). The molecule has 0 atom stereocenters. The highest BCUT2D eigenvalue weighted by Crippen LogP contribution is 2.30. The molecule has 142 valence electrons. The third kappa shape index (κ3) is 5.30. The second kappa shape index (κ2) is 9.66. The van der Waals surface area contributed by atoms with Gasteiger partial charge >= 0.3 is 0 Å². The van der Waals surface area contributed by atoms with Crippen LogP contribution in [-0.2, 0) is 4.79 Å². The summed E-state index contributed by atoms with van der Waals surface area (Å²) in [6, 6.07) is 13.1. The number of amidine groups is 1. The zero-order valence-corrected chi connectivity index (χ0v) is 18.0. The van der Waals surface area contributed by atoms with Gasteiger partial charge in [-0.15, -0.1) is 6.42 Å². The van der Waals surface area contributed by atoms with E-state index in [0.717, 1.165) is 26.3 Å². The number of halogens is 1. The van der Waals surface area contributed by atoms with Crippen molar-refractivity contribution in [3.8, 4) is 23.8 Å². The average molecular weight is 504 g/mol. The number of carbonyl (C=O) groups excluding carboxylic acids is 1. The maximum atomic E-state index is 12.3. The van der Waals surface area contributed by atoms with E-state index in [0.29, 0.717) is 16.7 Å². The number of nitrogens with zero attached hydrogens (tertiary/aromatic N) is 1. The minimum absolute atomic E-state index is 0.169. The molecule has 1 heterocycles. The van der Waals surface area contributed by atoms with Gasteiger partial charge in [0.15, 0.2) is 5.17 Å². The standard InChI is InChI=1S/C21H17IN2O3S/c1-3-11-27-18-10-5-14(12-17(18)22)13-19-20(25)24-21(28-19)23-15-6-8-16(9-7-15)26-4-2/h1,5-10,12-13H,4,11H2,2H3,(H,23,24,25)/b19-13+. The lowest BCUT2D eigenvalue weighted by atomic mass is 10.2. The molecule has 2 aromatic carbocycles. The Labute approximate surface area is 181 Å². The molecule has 5 nitrogen and oxygen atoms in total. The van der Waals surface area contributed by atoms with E-state index in [-0.39, 0.29) is 12.5 Å². The molecule has 2 aromatic rings. The molecular formula is C21H17IN2O3S. The van der Waals surface area contributed by atoms with E-state index in [1.165, 1.54) is 11.8 Å². The SMILES string of the molecule is C#CCOc1ccc(/C=C2/SC(=Nc3ccc(OCC)cc3)NC2=O)cc1I. The molecule has 28 heavy (non-hydrogen) atoms. The number of ether oxygens (including phenoxy) is 2. The van der Waals surface area contributed by atoms with E-state index in [9.17, 15) is 4.79 Å². The largest absolute Gasteiger partial charge is 0.494 e. The van der Waals surface area contributed by atoms with Gasteiger partial charge in [-0.05, 0) is 89.3 Å². The number of terminal acetylenes is 1. The number of carbonyl (C=O) groups is 1. The maximum absolute atomic E-state index is 12.3. The summed E-state index contributed by atoms with van der Waals surface area (Å²) in [5, 5.41) is 3.34. The minimum atomic E-state index is -0.169. The van der Waals surface area contributed by atoms with Crippen LogP contribution < -0.4 is 14.8 Å². The van der Waals surface area contributed by atoms with Crippen molar-refractivity contribution in [3.63, 3.8) is 0 Å². The van der Waals surface area contributed by atoms with Gasteiger partial charge in [-0.1, -0.05) is 12.0 Å². The Kier molecular flexibility index (Phi) is 7.01. The highest BCUT2D eigenvalue weighted by Gasteiger charge is 2.23. The predicted octanol–water partition coefficient (Wildman–Crippen LogP) is 4.59. The van der Waals surface area contributed by atoms with Crippen LogP contribution in [0.3, 0.4) is 0 Å². The number of benzene rings is 2. The van der Waals surface area contributed by atoms with Crippen LogP contribution >= 0.6 is 34.4 Å². The topological polar surface area (TPSA) is 59.9 Å². The molecule has 1 saturated heterocycles. The summed E-state index contributed by atoms with van der Waals surface area (Å²) in [7, 11) is 0. The van der Waals surface area contributed by atoms with Crippen molar-refractivity contribution in [3.05, 3.63) is 56.5 Å². The predicted molar refractivity (Wildman–Crippen MR) is 122 cm³/mol. The first-order chi connectivity index (χ1) is 13.6. The van der Waals surface area contributed by atoms with Crippen molar-refractivity contribution in [1.82, 2.24) is 5.32 Å². The van der Waals surface area contributed by atoms with E-state index in [4.69, 9.17) is 15.9 Å². The van der Waals surface area contributed by atoms with Crippen LogP contribution in [0.5, 0.6) is 11.5 Å². The normalized spacial score (nSPS) is 16.1. The highest BCUT2D eigenvalue weighted by atomic mass is 127. The average Bonchev–Trinajstić information content (AvgIpc) is 3.02. The summed E-state index contributed by atoms with van der Waals surface area (Å²) in [5.74, 6) is 3.79. The molecule has 1 aliphatic rings. The Bertz CT molecular complexity index is 978. The van der Waals surface area contributed by atoms with Gasteiger partial charge in [0, 0.05) is 0 Å². The summed E-state index contributed by atoms with van der Waals surface area (Å²) in [4.78, 5) is 17.3. The number of aliphatic imine (C=N–C) groups is 1. The molecule has 7 heteroatoms. The van der Waals surface area contributed by atoms with Crippen molar-refractivity contribution in [1.29, 1.82) is 0 Å². The van der Waals surface area contributed by atoms with Crippen molar-refractivity contribution in [2.75, 3.05) is 13.2 Å². The molecule has 0 aromatic heterocycles. The molecule has 0 aliphatic carbocycles. The third-order valence-electron chi connectivity index (χ3n) is 3.59. The maximum Gasteiger partial charge on any atom is 0.264 e. The number of amides is 1. The molecule has 0 saturated carbocycles. The summed E-state index contributed by atoms with van der Waals surface area (Å²) in [5.41, 5.74) is 1.65. The van der Waals surface area contributed by atoms with E-state index in [1.54, 1.807) is 0 Å². The van der Waals surface area contributed by atoms with E-state index < -0.39 is 0 Å². The summed E-state index contributed by atoms with van der Waals surface area (Å²) in [6.45, 7) is 2.77. The second-order valence-electron chi connectivity index (χ2n) is 5.59. The molecule has 0 bridgehead atoms. The Hall–Kier alpha value is -2.44. The lowest BCUT2D eigenvalue weighted by Crippen LogP contribution is -2.19. The van der Waals surface area contributed by atoms with Crippen molar-refractivity contribution in [2.24, 2.45) is 4.99 Å². The third-order valence-corrected chi connectivity index (χ3v) is 5.35. The number of hydrogen-bond donors (Lipinski definition) is 1. The Balaban J connectivity index is 1.73. The van der Waals surface area contributed by atoms with Crippen LogP contribution in [0.1, 0.15) is 12.5 Å². The zero-order valence-electron chi connectivity index (χ0n) is 15.1. The van der Waals surface area contributed by atoms with Gasteiger partial charge in [0.1, 0.15) is 18.1 Å². The first-order valence-electron chi connectivity index (χ1n) is 8.47. The number of rotatable bonds is 6. The molecular weight excluding hydrogens is 487 g/mol. The summed E-state index contributed by atoms with van der Waals surface area (Å²) < 4.78 is 11.8. The molecule has 0 spiro atoms. The number of nitrogens with one attached hydrogen (secondary N) is 1. The van der Waals surface area contributed by atoms with Crippen LogP contribution in [0.15, 0.2) is 52.4 Å². The second-order valence-corrected chi connectivity index (χ2v) is 7.78. The lowest BCUT2D eigenvalue weighted by molar-refractivity contribution is -0.115. The first-order valence-corrected chi connectivity index (χ1v) is 10.4. The molecule has 0 radical (unpaired) electrons. The highest BCUT2D eigenvalue weighted by molar-refractivity contribution is 14.1. The molecule has 1 amide bonds. The first kappa shape index (κ1) is 20.3. The van der Waals surface area contributed by atoms with Gasteiger partial charge in [0.2, 0.25) is 0 Å². The smallest absolute Gasteiger partial charge is 0.264 e. The van der Waals surface area contributed by atoms with Crippen LogP contribution in [0.2, 0.25) is 0 Å². The fraction of sp³-hybridized carbons (Fsp3) is 0.143. The van der Waals surface area contributed by atoms with Gasteiger partial charge in [-0.2, -0.15) is 0 Å².